The predicted molar refractivity (Wildman–Crippen MR) is 65.5 cm³/mol. The Hall–Kier alpha value is -2.37. The number of hydrogen-bond acceptors (Lipinski definition) is 3. The van der Waals surface area contributed by atoms with Crippen LogP contribution in [0, 0.1) is 0 Å². The van der Waals surface area contributed by atoms with Crippen LogP contribution in [0.2, 0.25) is 0 Å². The third-order valence-electron chi connectivity index (χ3n) is 2.60. The van der Waals surface area contributed by atoms with Crippen LogP contribution in [-0.2, 0) is 0 Å². The normalized spacial score (nSPS) is 14.4. The molecule has 0 unspecified atom stereocenters. The lowest BCUT2D eigenvalue weighted by Crippen LogP contribution is -2.36. The van der Waals surface area contributed by atoms with Gasteiger partial charge in [-0.05, 0) is 25.0 Å². The number of amides is 2. The number of aromatic carboxylic acids is 1. The molecule has 1 aliphatic rings. The fourth-order valence-electron chi connectivity index (χ4n) is 1.76. The summed E-state index contributed by atoms with van der Waals surface area (Å²) in [4.78, 5) is 26.3. The van der Waals surface area contributed by atoms with Crippen LogP contribution < -0.4 is 10.6 Å². The number of carboxylic acids is 1. The molecule has 0 saturated carbocycles. The molecule has 0 aliphatic heterocycles. The minimum atomic E-state index is -1.17. The highest BCUT2D eigenvalue weighted by Gasteiger charge is 2.16. The van der Waals surface area contributed by atoms with Gasteiger partial charge in [-0.3, -0.25) is 0 Å². The number of anilines is 1. The number of aromatic nitrogens is 1. The number of nitrogens with one attached hydrogen (secondary N) is 2. The first kappa shape index (κ1) is 12.1. The molecule has 3 N–H and O–H groups in total. The van der Waals surface area contributed by atoms with Gasteiger partial charge in [-0.25, -0.2) is 14.6 Å². The van der Waals surface area contributed by atoms with Crippen LogP contribution >= 0.6 is 0 Å². The molecule has 94 valence electrons. The van der Waals surface area contributed by atoms with E-state index in [0.29, 0.717) is 0 Å². The van der Waals surface area contributed by atoms with Crippen molar-refractivity contribution in [2.24, 2.45) is 0 Å². The van der Waals surface area contributed by atoms with Crippen LogP contribution in [0.5, 0.6) is 0 Å². The van der Waals surface area contributed by atoms with Crippen molar-refractivity contribution in [2.75, 3.05) is 5.32 Å². The van der Waals surface area contributed by atoms with Crippen molar-refractivity contribution in [3.63, 3.8) is 0 Å². The molecule has 1 aromatic rings. The maximum atomic E-state index is 11.7. The largest absolute Gasteiger partial charge is 0.476 e. The molecular formula is C12H13N3O3. The number of hydrogen-bond donors (Lipinski definition) is 3. The Morgan fingerprint density at radius 3 is 2.72 bits per heavy atom. The van der Waals surface area contributed by atoms with Gasteiger partial charge in [-0.1, -0.05) is 12.2 Å². The fourth-order valence-corrected chi connectivity index (χ4v) is 1.76. The summed E-state index contributed by atoms with van der Waals surface area (Å²) in [6.45, 7) is 0. The number of pyridine rings is 1. The molecule has 6 heteroatoms. The Morgan fingerprint density at radius 1 is 1.33 bits per heavy atom. The van der Waals surface area contributed by atoms with Gasteiger partial charge in [-0.15, -0.1) is 0 Å². The SMILES string of the molecule is O=C(Nc1cccnc1C(=O)O)NC1CC=CC1. The zero-order valence-corrected chi connectivity index (χ0v) is 9.59. The Kier molecular flexibility index (Phi) is 3.57. The predicted octanol–water partition coefficient (Wildman–Crippen LogP) is 1.62. The van der Waals surface area contributed by atoms with Crippen LogP contribution in [0.3, 0.4) is 0 Å². The molecule has 0 aromatic carbocycles. The minimum absolute atomic E-state index is 0.0787. The molecule has 0 spiro atoms. The van der Waals surface area contributed by atoms with Gasteiger partial charge in [0.15, 0.2) is 5.69 Å². The molecular weight excluding hydrogens is 234 g/mol. The highest BCUT2D eigenvalue weighted by atomic mass is 16.4. The molecule has 0 saturated heterocycles. The zero-order valence-electron chi connectivity index (χ0n) is 9.59. The molecule has 0 atom stereocenters. The van der Waals surface area contributed by atoms with E-state index in [2.05, 4.69) is 15.6 Å². The second-order valence-corrected chi connectivity index (χ2v) is 3.94. The third kappa shape index (κ3) is 2.85. The lowest BCUT2D eigenvalue weighted by molar-refractivity contribution is 0.0692. The lowest BCUT2D eigenvalue weighted by atomic mass is 10.2. The van der Waals surface area contributed by atoms with Gasteiger partial charge >= 0.3 is 12.0 Å². The van der Waals surface area contributed by atoms with E-state index in [-0.39, 0.29) is 17.4 Å². The summed E-state index contributed by atoms with van der Waals surface area (Å²) in [5.41, 5.74) is 0.0191. The Balaban J connectivity index is 2.00. The first-order chi connectivity index (χ1) is 8.66. The summed E-state index contributed by atoms with van der Waals surface area (Å²) < 4.78 is 0. The van der Waals surface area contributed by atoms with Gasteiger partial charge in [0.05, 0.1) is 5.69 Å². The van der Waals surface area contributed by atoms with E-state index in [0.717, 1.165) is 12.8 Å². The number of carboxylic acid groups (broad SMARTS) is 1. The first-order valence-electron chi connectivity index (χ1n) is 5.57. The number of carbonyl (C=O) groups excluding carboxylic acids is 1. The van der Waals surface area contributed by atoms with Crippen molar-refractivity contribution in [1.82, 2.24) is 10.3 Å². The Bertz CT molecular complexity index is 491. The van der Waals surface area contributed by atoms with Crippen LogP contribution in [0.25, 0.3) is 0 Å². The molecule has 2 rings (SSSR count). The molecule has 6 nitrogen and oxygen atoms in total. The molecule has 0 bridgehead atoms. The number of urea groups is 1. The molecule has 0 radical (unpaired) electrons. The van der Waals surface area contributed by atoms with E-state index in [1.165, 1.54) is 12.3 Å². The zero-order chi connectivity index (χ0) is 13.0. The summed E-state index contributed by atoms with van der Waals surface area (Å²) in [6.07, 6.45) is 6.96. The van der Waals surface area contributed by atoms with E-state index >= 15 is 0 Å². The van der Waals surface area contributed by atoms with E-state index < -0.39 is 12.0 Å². The van der Waals surface area contributed by atoms with Crippen molar-refractivity contribution in [3.8, 4) is 0 Å². The van der Waals surface area contributed by atoms with Crippen molar-refractivity contribution in [2.45, 2.75) is 18.9 Å². The summed E-state index contributed by atoms with van der Waals surface area (Å²) in [5.74, 6) is -1.17. The molecule has 1 aliphatic carbocycles. The lowest BCUT2D eigenvalue weighted by Gasteiger charge is -2.13. The van der Waals surface area contributed by atoms with Crippen molar-refractivity contribution in [1.29, 1.82) is 0 Å². The van der Waals surface area contributed by atoms with Gasteiger partial charge in [-0.2, -0.15) is 0 Å². The highest BCUT2D eigenvalue weighted by Crippen LogP contribution is 2.13. The van der Waals surface area contributed by atoms with Crippen LogP contribution in [0.15, 0.2) is 30.5 Å². The molecule has 18 heavy (non-hydrogen) atoms. The molecule has 1 aromatic heterocycles. The van der Waals surface area contributed by atoms with Gasteiger partial charge in [0.2, 0.25) is 0 Å². The average molecular weight is 247 g/mol. The second-order valence-electron chi connectivity index (χ2n) is 3.94. The average Bonchev–Trinajstić information content (AvgIpc) is 2.82. The third-order valence-corrected chi connectivity index (χ3v) is 2.60. The van der Waals surface area contributed by atoms with Crippen LogP contribution in [0.4, 0.5) is 10.5 Å². The maximum absolute atomic E-state index is 11.7. The van der Waals surface area contributed by atoms with Crippen molar-refractivity contribution < 1.29 is 14.7 Å². The monoisotopic (exact) mass is 247 g/mol. The minimum Gasteiger partial charge on any atom is -0.476 e. The van der Waals surface area contributed by atoms with Crippen LogP contribution in [0.1, 0.15) is 23.3 Å². The van der Waals surface area contributed by atoms with E-state index in [1.807, 2.05) is 12.2 Å². The second kappa shape index (κ2) is 5.31. The van der Waals surface area contributed by atoms with E-state index in [1.54, 1.807) is 6.07 Å². The van der Waals surface area contributed by atoms with Gasteiger partial charge in [0.25, 0.3) is 0 Å². The number of carbonyl (C=O) groups is 2. The van der Waals surface area contributed by atoms with Gasteiger partial charge < -0.3 is 15.7 Å². The summed E-state index contributed by atoms with van der Waals surface area (Å²) in [5, 5.41) is 14.2. The topological polar surface area (TPSA) is 91.3 Å². The maximum Gasteiger partial charge on any atom is 0.356 e. The molecule has 0 fully saturated rings. The number of nitrogens with zero attached hydrogens (tertiary/aromatic N) is 1. The highest BCUT2D eigenvalue weighted by molar-refractivity contribution is 5.98. The molecule has 2 amide bonds. The van der Waals surface area contributed by atoms with Gasteiger partial charge in [0.1, 0.15) is 0 Å². The van der Waals surface area contributed by atoms with Crippen molar-refractivity contribution in [3.05, 3.63) is 36.2 Å². The smallest absolute Gasteiger partial charge is 0.356 e. The molecule has 1 heterocycles. The van der Waals surface area contributed by atoms with E-state index in [9.17, 15) is 9.59 Å². The van der Waals surface area contributed by atoms with Gasteiger partial charge in [0, 0.05) is 12.2 Å². The van der Waals surface area contributed by atoms with Crippen molar-refractivity contribution >= 4 is 17.7 Å². The quantitative estimate of drug-likeness (QED) is 0.708. The fraction of sp³-hybridized carbons (Fsp3) is 0.250. The summed E-state index contributed by atoms with van der Waals surface area (Å²) >= 11 is 0. The summed E-state index contributed by atoms with van der Waals surface area (Å²) in [6, 6.07) is 2.73. The Morgan fingerprint density at radius 2 is 2.06 bits per heavy atom. The summed E-state index contributed by atoms with van der Waals surface area (Å²) in [7, 11) is 0. The standard InChI is InChI=1S/C12H13N3O3/c16-11(17)10-9(6-3-7-13-10)15-12(18)14-8-4-1-2-5-8/h1-3,6-8H,4-5H2,(H,16,17)(H2,14,15,18). The first-order valence-corrected chi connectivity index (χ1v) is 5.57. The Labute approximate surface area is 104 Å². The number of rotatable bonds is 3. The van der Waals surface area contributed by atoms with Crippen LogP contribution in [-0.4, -0.2) is 28.1 Å². The van der Waals surface area contributed by atoms with E-state index in [4.69, 9.17) is 5.11 Å².